The number of benzene rings is 1. The van der Waals surface area contributed by atoms with Gasteiger partial charge in [-0.1, -0.05) is 17.7 Å². The van der Waals surface area contributed by atoms with Crippen LogP contribution in [0.15, 0.2) is 29.2 Å². The molecule has 0 bridgehead atoms. The molecular weight excluding hydrogens is 188 g/mol. The second kappa shape index (κ2) is 2.82. The van der Waals surface area contributed by atoms with Gasteiger partial charge in [0.15, 0.2) is 5.44 Å². The Morgan fingerprint density at radius 2 is 1.85 bits per heavy atom. The average Bonchev–Trinajstić information content (AvgIpc) is 2.87. The van der Waals surface area contributed by atoms with Crippen LogP contribution < -0.4 is 0 Å². The molecule has 1 atom stereocenters. The summed E-state index contributed by atoms with van der Waals surface area (Å²) in [6.07, 6.45) is 0. The zero-order valence-electron chi connectivity index (χ0n) is 7.23. The van der Waals surface area contributed by atoms with Crippen LogP contribution >= 0.6 is 0 Å². The first-order chi connectivity index (χ1) is 6.10. The SMILES string of the molecule is Cc1ccc(S(=O)(=O)[C@H]2CO2)cc1. The first-order valence-electron chi connectivity index (χ1n) is 4.03. The van der Waals surface area contributed by atoms with Crippen LogP contribution in [0.5, 0.6) is 0 Å². The third-order valence-corrected chi connectivity index (χ3v) is 3.89. The molecule has 1 fully saturated rings. The van der Waals surface area contributed by atoms with E-state index in [4.69, 9.17) is 4.74 Å². The van der Waals surface area contributed by atoms with Gasteiger partial charge in [0, 0.05) is 0 Å². The van der Waals surface area contributed by atoms with Crippen molar-refractivity contribution in [3.63, 3.8) is 0 Å². The molecule has 1 aliphatic heterocycles. The molecule has 0 aromatic heterocycles. The summed E-state index contributed by atoms with van der Waals surface area (Å²) < 4.78 is 27.9. The lowest BCUT2D eigenvalue weighted by Crippen LogP contribution is -2.07. The molecular formula is C9H10O3S. The molecule has 13 heavy (non-hydrogen) atoms. The lowest BCUT2D eigenvalue weighted by Gasteiger charge is -2.00. The fourth-order valence-electron chi connectivity index (χ4n) is 1.10. The van der Waals surface area contributed by atoms with Gasteiger partial charge in [-0.3, -0.25) is 0 Å². The van der Waals surface area contributed by atoms with Crippen molar-refractivity contribution in [3.05, 3.63) is 29.8 Å². The van der Waals surface area contributed by atoms with Crippen LogP contribution in [-0.4, -0.2) is 20.5 Å². The second-order valence-corrected chi connectivity index (χ2v) is 5.21. The predicted molar refractivity (Wildman–Crippen MR) is 48.1 cm³/mol. The average molecular weight is 198 g/mol. The maximum absolute atomic E-state index is 11.6. The fraction of sp³-hybridized carbons (Fsp3) is 0.333. The molecule has 1 aromatic rings. The lowest BCUT2D eigenvalue weighted by atomic mass is 10.2. The highest BCUT2D eigenvalue weighted by Gasteiger charge is 2.38. The van der Waals surface area contributed by atoms with E-state index in [-0.39, 0.29) is 0 Å². The number of hydrogen-bond donors (Lipinski definition) is 0. The molecule has 0 saturated carbocycles. The van der Waals surface area contributed by atoms with E-state index in [1.807, 2.05) is 6.92 Å². The zero-order valence-corrected chi connectivity index (χ0v) is 8.04. The molecule has 0 spiro atoms. The van der Waals surface area contributed by atoms with Crippen LogP contribution in [0.25, 0.3) is 0 Å². The Morgan fingerprint density at radius 3 is 2.31 bits per heavy atom. The van der Waals surface area contributed by atoms with Crippen molar-refractivity contribution in [2.75, 3.05) is 6.61 Å². The third-order valence-electron chi connectivity index (χ3n) is 2.00. The summed E-state index contributed by atoms with van der Waals surface area (Å²) in [4.78, 5) is 0.348. The Morgan fingerprint density at radius 1 is 1.31 bits per heavy atom. The smallest absolute Gasteiger partial charge is 0.207 e. The van der Waals surface area contributed by atoms with Crippen molar-refractivity contribution in [2.24, 2.45) is 0 Å². The van der Waals surface area contributed by atoms with Crippen molar-refractivity contribution in [1.82, 2.24) is 0 Å². The highest BCUT2D eigenvalue weighted by molar-refractivity contribution is 7.92. The maximum Gasteiger partial charge on any atom is 0.207 e. The van der Waals surface area contributed by atoms with Gasteiger partial charge >= 0.3 is 0 Å². The Kier molecular flexibility index (Phi) is 1.89. The lowest BCUT2D eigenvalue weighted by molar-refractivity contribution is 0.445. The molecule has 1 saturated heterocycles. The molecule has 70 valence electrons. The Bertz CT molecular complexity index is 401. The molecule has 0 unspecified atom stereocenters. The Labute approximate surface area is 77.3 Å². The summed E-state index contributed by atoms with van der Waals surface area (Å²) in [7, 11) is -3.20. The van der Waals surface area contributed by atoms with E-state index in [2.05, 4.69) is 0 Å². The number of aryl methyl sites for hydroxylation is 1. The van der Waals surface area contributed by atoms with Crippen molar-refractivity contribution in [1.29, 1.82) is 0 Å². The first kappa shape index (κ1) is 8.72. The number of ether oxygens (including phenoxy) is 1. The van der Waals surface area contributed by atoms with E-state index in [1.54, 1.807) is 24.3 Å². The quantitative estimate of drug-likeness (QED) is 0.669. The minimum absolute atomic E-state index is 0.330. The minimum Gasteiger partial charge on any atom is -0.356 e. The molecule has 1 aliphatic rings. The Balaban J connectivity index is 2.40. The highest BCUT2D eigenvalue weighted by Crippen LogP contribution is 2.25. The molecule has 1 aromatic carbocycles. The third kappa shape index (κ3) is 1.59. The maximum atomic E-state index is 11.6. The van der Waals surface area contributed by atoms with Gasteiger partial charge in [-0.15, -0.1) is 0 Å². The van der Waals surface area contributed by atoms with Gasteiger partial charge in [0.1, 0.15) is 0 Å². The topological polar surface area (TPSA) is 46.7 Å². The molecule has 0 N–H and O–H groups in total. The van der Waals surface area contributed by atoms with E-state index in [0.29, 0.717) is 11.5 Å². The monoisotopic (exact) mass is 198 g/mol. The van der Waals surface area contributed by atoms with Crippen LogP contribution in [-0.2, 0) is 14.6 Å². The van der Waals surface area contributed by atoms with Gasteiger partial charge in [0.2, 0.25) is 9.84 Å². The summed E-state index contributed by atoms with van der Waals surface area (Å²) in [5.74, 6) is 0. The van der Waals surface area contributed by atoms with Gasteiger partial charge in [0.25, 0.3) is 0 Å². The standard InChI is InChI=1S/C9H10O3S/c1-7-2-4-8(5-3-7)13(10,11)9-6-12-9/h2-5,9H,6H2,1H3/t9-/m0/s1. The number of sulfone groups is 1. The van der Waals surface area contributed by atoms with E-state index in [0.717, 1.165) is 5.56 Å². The van der Waals surface area contributed by atoms with Gasteiger partial charge in [0.05, 0.1) is 11.5 Å². The summed E-state index contributed by atoms with van der Waals surface area (Å²) in [5, 5.41) is 0. The largest absolute Gasteiger partial charge is 0.356 e. The van der Waals surface area contributed by atoms with Crippen LogP contribution in [0, 0.1) is 6.92 Å². The molecule has 2 rings (SSSR count). The normalized spacial score (nSPS) is 21.5. The molecule has 0 radical (unpaired) electrons. The number of epoxide rings is 1. The first-order valence-corrected chi connectivity index (χ1v) is 5.57. The van der Waals surface area contributed by atoms with Gasteiger partial charge in [-0.2, -0.15) is 0 Å². The van der Waals surface area contributed by atoms with Crippen LogP contribution in [0.4, 0.5) is 0 Å². The summed E-state index contributed by atoms with van der Waals surface area (Å²) in [6.45, 7) is 2.25. The molecule has 1 heterocycles. The van der Waals surface area contributed by atoms with E-state index < -0.39 is 15.3 Å². The predicted octanol–water partition coefficient (Wildman–Crippen LogP) is 1.13. The van der Waals surface area contributed by atoms with Crippen LogP contribution in [0.2, 0.25) is 0 Å². The van der Waals surface area contributed by atoms with Crippen LogP contribution in [0.3, 0.4) is 0 Å². The van der Waals surface area contributed by atoms with E-state index in [1.165, 1.54) is 0 Å². The van der Waals surface area contributed by atoms with Crippen molar-refractivity contribution < 1.29 is 13.2 Å². The molecule has 3 nitrogen and oxygen atoms in total. The number of rotatable bonds is 2. The molecule has 4 heteroatoms. The van der Waals surface area contributed by atoms with Crippen molar-refractivity contribution in [3.8, 4) is 0 Å². The zero-order chi connectivity index (χ0) is 9.47. The molecule has 0 aliphatic carbocycles. The van der Waals surface area contributed by atoms with Crippen molar-refractivity contribution in [2.45, 2.75) is 17.3 Å². The van der Waals surface area contributed by atoms with Crippen molar-refractivity contribution >= 4 is 9.84 Å². The highest BCUT2D eigenvalue weighted by atomic mass is 32.2. The molecule has 0 amide bonds. The van der Waals surface area contributed by atoms with Gasteiger partial charge in [-0.05, 0) is 19.1 Å². The van der Waals surface area contributed by atoms with Gasteiger partial charge < -0.3 is 4.74 Å². The second-order valence-electron chi connectivity index (χ2n) is 3.12. The summed E-state index contributed by atoms with van der Waals surface area (Å²) in [5.41, 5.74) is 0.450. The van der Waals surface area contributed by atoms with Crippen LogP contribution in [0.1, 0.15) is 5.56 Å². The summed E-state index contributed by atoms with van der Waals surface area (Å²) in [6, 6.07) is 6.81. The minimum atomic E-state index is -3.20. The van der Waals surface area contributed by atoms with E-state index in [9.17, 15) is 8.42 Å². The Hall–Kier alpha value is -0.870. The number of hydrogen-bond acceptors (Lipinski definition) is 3. The van der Waals surface area contributed by atoms with E-state index >= 15 is 0 Å². The van der Waals surface area contributed by atoms with Gasteiger partial charge in [-0.25, -0.2) is 8.42 Å². The summed E-state index contributed by atoms with van der Waals surface area (Å²) >= 11 is 0. The fourth-order valence-corrected chi connectivity index (χ4v) is 2.35.